The van der Waals surface area contributed by atoms with Crippen LogP contribution in [0.15, 0.2) is 12.1 Å². The first kappa shape index (κ1) is 15.3. The Morgan fingerprint density at radius 2 is 2.19 bits per heavy atom. The van der Waals surface area contributed by atoms with E-state index in [9.17, 15) is 23.7 Å². The average Bonchev–Trinajstić information content (AvgIpc) is 2.41. The number of carbonyl (C=O) groups excluding carboxylic acids is 1. The lowest BCUT2D eigenvalue weighted by atomic mass is 9.94. The zero-order chi connectivity index (χ0) is 15.6. The zero-order valence-electron chi connectivity index (χ0n) is 11.4. The number of halogens is 2. The molecule has 1 saturated heterocycles. The molecule has 0 aliphatic carbocycles. The smallest absolute Gasteiger partial charge is 0.298 e. The van der Waals surface area contributed by atoms with Gasteiger partial charge in [0.05, 0.1) is 17.0 Å². The van der Waals surface area contributed by atoms with Crippen molar-refractivity contribution in [3.8, 4) is 0 Å². The van der Waals surface area contributed by atoms with Crippen molar-refractivity contribution in [2.75, 3.05) is 11.9 Å². The van der Waals surface area contributed by atoms with Gasteiger partial charge >= 0.3 is 0 Å². The highest BCUT2D eigenvalue weighted by Gasteiger charge is 2.28. The second-order valence-electron chi connectivity index (χ2n) is 5.16. The summed E-state index contributed by atoms with van der Waals surface area (Å²) in [5.41, 5.74) is -1.41. The maximum atomic E-state index is 13.7. The predicted octanol–water partition coefficient (Wildman–Crippen LogP) is 2.20. The second-order valence-corrected chi connectivity index (χ2v) is 5.16. The molecule has 2 rings (SSSR count). The molecule has 2 atom stereocenters. The van der Waals surface area contributed by atoms with Gasteiger partial charge in [-0.15, -0.1) is 0 Å². The van der Waals surface area contributed by atoms with Gasteiger partial charge in [-0.25, -0.2) is 8.78 Å². The number of nitrogens with zero attached hydrogens (tertiary/aromatic N) is 1. The number of carbonyl (C=O) groups is 1. The van der Waals surface area contributed by atoms with Crippen molar-refractivity contribution >= 4 is 17.3 Å². The number of benzene rings is 1. The molecule has 6 nitrogen and oxygen atoms in total. The molecule has 1 fully saturated rings. The van der Waals surface area contributed by atoms with E-state index in [2.05, 4.69) is 10.6 Å². The van der Waals surface area contributed by atoms with Crippen LogP contribution in [-0.2, 0) is 4.79 Å². The summed E-state index contributed by atoms with van der Waals surface area (Å²) in [4.78, 5) is 22.0. The Bertz CT molecular complexity index is 580. The number of anilines is 1. The molecule has 2 N–H and O–H groups in total. The van der Waals surface area contributed by atoms with Gasteiger partial charge in [-0.3, -0.25) is 14.9 Å². The van der Waals surface area contributed by atoms with E-state index in [-0.39, 0.29) is 0 Å². The van der Waals surface area contributed by atoms with E-state index in [0.29, 0.717) is 31.0 Å². The highest BCUT2D eigenvalue weighted by Crippen LogP contribution is 2.29. The fourth-order valence-electron chi connectivity index (χ4n) is 2.35. The Balaban J connectivity index is 2.22. The van der Waals surface area contributed by atoms with E-state index < -0.39 is 39.9 Å². The van der Waals surface area contributed by atoms with Crippen molar-refractivity contribution in [2.45, 2.75) is 25.8 Å². The van der Waals surface area contributed by atoms with Gasteiger partial charge in [0.15, 0.2) is 11.5 Å². The maximum Gasteiger partial charge on any atom is 0.298 e. The molecule has 1 aliphatic rings. The minimum Gasteiger partial charge on any atom is -0.317 e. The van der Waals surface area contributed by atoms with Crippen LogP contribution in [0.4, 0.5) is 20.2 Å². The van der Waals surface area contributed by atoms with Gasteiger partial charge in [-0.2, -0.15) is 0 Å². The van der Waals surface area contributed by atoms with Crippen molar-refractivity contribution in [3.63, 3.8) is 0 Å². The molecule has 0 saturated carbocycles. The first-order chi connectivity index (χ1) is 9.88. The Labute approximate surface area is 119 Å². The van der Waals surface area contributed by atoms with Crippen molar-refractivity contribution in [3.05, 3.63) is 33.9 Å². The molecule has 1 aromatic carbocycles. The van der Waals surface area contributed by atoms with Gasteiger partial charge in [-0.1, -0.05) is 6.92 Å². The number of piperidine rings is 1. The van der Waals surface area contributed by atoms with Crippen LogP contribution in [0.25, 0.3) is 0 Å². The fraction of sp³-hybridized carbons (Fsp3) is 0.462. The molecular weight excluding hydrogens is 284 g/mol. The Hall–Kier alpha value is -2.09. The highest BCUT2D eigenvalue weighted by molar-refractivity contribution is 5.97. The third kappa shape index (κ3) is 3.52. The lowest BCUT2D eigenvalue weighted by Crippen LogP contribution is -2.45. The Morgan fingerprint density at radius 1 is 1.48 bits per heavy atom. The quantitative estimate of drug-likeness (QED) is 0.662. The van der Waals surface area contributed by atoms with E-state index in [4.69, 9.17) is 0 Å². The van der Waals surface area contributed by atoms with Gasteiger partial charge in [-0.05, 0) is 25.3 Å². The molecule has 1 amide bonds. The summed E-state index contributed by atoms with van der Waals surface area (Å²) in [6.07, 6.45) is 1.48. The first-order valence-corrected chi connectivity index (χ1v) is 6.56. The van der Waals surface area contributed by atoms with Gasteiger partial charge < -0.3 is 10.6 Å². The maximum absolute atomic E-state index is 13.7. The molecule has 21 heavy (non-hydrogen) atoms. The van der Waals surface area contributed by atoms with Gasteiger partial charge in [0.25, 0.3) is 5.69 Å². The van der Waals surface area contributed by atoms with Crippen molar-refractivity contribution in [1.82, 2.24) is 5.32 Å². The van der Waals surface area contributed by atoms with E-state index in [1.807, 2.05) is 6.92 Å². The number of nitrogens with one attached hydrogen (secondary N) is 2. The van der Waals surface area contributed by atoms with Gasteiger partial charge in [0.2, 0.25) is 5.91 Å². The monoisotopic (exact) mass is 299 g/mol. The van der Waals surface area contributed by atoms with E-state index in [1.165, 1.54) is 0 Å². The molecule has 0 bridgehead atoms. The number of hydrogen-bond acceptors (Lipinski definition) is 4. The van der Waals surface area contributed by atoms with E-state index in [1.54, 1.807) is 0 Å². The third-order valence-corrected chi connectivity index (χ3v) is 3.46. The number of amides is 1. The lowest BCUT2D eigenvalue weighted by molar-refractivity contribution is -0.384. The summed E-state index contributed by atoms with van der Waals surface area (Å²) < 4.78 is 26.7. The van der Waals surface area contributed by atoms with Crippen LogP contribution in [0, 0.1) is 27.7 Å². The molecule has 0 aromatic heterocycles. The molecule has 114 valence electrons. The summed E-state index contributed by atoms with van der Waals surface area (Å²) in [5.74, 6) is -2.47. The molecule has 1 aromatic rings. The third-order valence-electron chi connectivity index (χ3n) is 3.46. The average molecular weight is 299 g/mol. The Kier molecular flexibility index (Phi) is 4.46. The van der Waals surface area contributed by atoms with Crippen LogP contribution in [0.3, 0.4) is 0 Å². The van der Waals surface area contributed by atoms with Gasteiger partial charge in [0.1, 0.15) is 5.82 Å². The second kappa shape index (κ2) is 6.13. The minimum absolute atomic E-state index is 0.329. The largest absolute Gasteiger partial charge is 0.317 e. The normalized spacial score (nSPS) is 21.9. The number of nitro groups is 1. The Morgan fingerprint density at radius 3 is 2.81 bits per heavy atom. The predicted molar refractivity (Wildman–Crippen MR) is 71.8 cm³/mol. The SMILES string of the molecule is CC1CCNC(C(=O)Nc2c(F)cc(F)cc2[N+](=O)[O-])C1. The summed E-state index contributed by atoms with van der Waals surface area (Å²) in [7, 11) is 0. The molecular formula is C13H15F2N3O3. The summed E-state index contributed by atoms with van der Waals surface area (Å²) >= 11 is 0. The molecule has 1 heterocycles. The standard InChI is InChI=1S/C13H15F2N3O3/c1-7-2-3-16-10(4-7)13(19)17-12-9(15)5-8(14)6-11(12)18(20)21/h5-7,10,16H,2-4H2,1H3,(H,17,19). The molecule has 0 spiro atoms. The van der Waals surface area contributed by atoms with Crippen LogP contribution in [-0.4, -0.2) is 23.4 Å². The van der Waals surface area contributed by atoms with Crippen LogP contribution in [0.2, 0.25) is 0 Å². The molecule has 1 aliphatic heterocycles. The number of hydrogen-bond donors (Lipinski definition) is 2. The fourth-order valence-corrected chi connectivity index (χ4v) is 2.35. The summed E-state index contributed by atoms with van der Waals surface area (Å²) in [5, 5.41) is 16.0. The lowest BCUT2D eigenvalue weighted by Gasteiger charge is -2.27. The van der Waals surface area contributed by atoms with Crippen molar-refractivity contribution in [1.29, 1.82) is 0 Å². The first-order valence-electron chi connectivity index (χ1n) is 6.56. The van der Waals surface area contributed by atoms with Crippen molar-refractivity contribution < 1.29 is 18.5 Å². The summed E-state index contributed by atoms with van der Waals surface area (Å²) in [6.45, 7) is 2.63. The van der Waals surface area contributed by atoms with Crippen LogP contribution in [0.1, 0.15) is 19.8 Å². The van der Waals surface area contributed by atoms with Crippen LogP contribution in [0.5, 0.6) is 0 Å². The van der Waals surface area contributed by atoms with Gasteiger partial charge in [0, 0.05) is 6.07 Å². The highest BCUT2D eigenvalue weighted by atomic mass is 19.1. The zero-order valence-corrected chi connectivity index (χ0v) is 11.4. The van der Waals surface area contributed by atoms with E-state index in [0.717, 1.165) is 6.42 Å². The van der Waals surface area contributed by atoms with Crippen LogP contribution >= 0.6 is 0 Å². The van der Waals surface area contributed by atoms with E-state index >= 15 is 0 Å². The molecule has 8 heteroatoms. The number of rotatable bonds is 3. The minimum atomic E-state index is -1.17. The number of nitro benzene ring substituents is 1. The summed E-state index contributed by atoms with van der Waals surface area (Å²) in [6, 6.07) is 0.535. The molecule has 0 radical (unpaired) electrons. The topological polar surface area (TPSA) is 84.3 Å². The van der Waals surface area contributed by atoms with Crippen LogP contribution < -0.4 is 10.6 Å². The molecule has 2 unspecified atom stereocenters. The van der Waals surface area contributed by atoms with Crippen molar-refractivity contribution in [2.24, 2.45) is 5.92 Å².